The van der Waals surface area contributed by atoms with E-state index in [1.54, 1.807) is 12.4 Å². The van der Waals surface area contributed by atoms with E-state index < -0.39 is 11.9 Å². The van der Waals surface area contributed by atoms with Crippen LogP contribution in [0, 0.1) is 5.82 Å². The Morgan fingerprint density at radius 1 is 0.972 bits per heavy atom. The van der Waals surface area contributed by atoms with Gasteiger partial charge in [-0.1, -0.05) is 18.2 Å². The lowest BCUT2D eigenvalue weighted by Crippen LogP contribution is -2.18. The van der Waals surface area contributed by atoms with Gasteiger partial charge >= 0.3 is 6.09 Å². The Balaban J connectivity index is 1.13. The van der Waals surface area contributed by atoms with Crippen LogP contribution in [-0.2, 0) is 24.0 Å². The fraction of sp³-hybridized carbons (Fsp3) is 0.185. The van der Waals surface area contributed by atoms with Crippen molar-refractivity contribution in [3.8, 4) is 0 Å². The summed E-state index contributed by atoms with van der Waals surface area (Å²) in [5.41, 5.74) is 6.02. The van der Waals surface area contributed by atoms with Crippen molar-refractivity contribution in [3.63, 3.8) is 0 Å². The Kier molecular flexibility index (Phi) is 5.65. The van der Waals surface area contributed by atoms with Gasteiger partial charge in [-0.05, 0) is 71.5 Å². The minimum Gasteiger partial charge on any atom is -0.443 e. The molecule has 0 radical (unpaired) electrons. The topological polar surface area (TPSA) is 101 Å². The summed E-state index contributed by atoms with van der Waals surface area (Å²) < 4.78 is 19.8. The maximum absolute atomic E-state index is 14.5. The predicted octanol–water partition coefficient (Wildman–Crippen LogP) is 4.99. The van der Waals surface area contributed by atoms with Gasteiger partial charge in [0.15, 0.2) is 11.6 Å². The number of fused-ring (bicyclic) bond motifs is 3. The number of ether oxygens (including phenoxy) is 1. The zero-order chi connectivity index (χ0) is 24.5. The van der Waals surface area contributed by atoms with Gasteiger partial charge in [0, 0.05) is 30.2 Å². The standard InChI is InChI=1S/C27H23FN6O2/c28-22-15-30-26(32-20-8-5-18-13-23-24(21(18)14-20)33-27(35)36-23)34-25(22)31-19-6-3-16(4-7-19)1-2-17-9-11-29-12-10-17/h3-12,14-15,23-24H,1-2,13H2,(H,33,35)(H2,30,31,32,34)/t23-,24+/m0/s1. The second kappa shape index (κ2) is 9.26. The first-order valence-electron chi connectivity index (χ1n) is 11.8. The van der Waals surface area contributed by atoms with Crippen LogP contribution < -0.4 is 16.0 Å². The van der Waals surface area contributed by atoms with Crippen LogP contribution in [0.3, 0.4) is 0 Å². The molecule has 2 atom stereocenters. The van der Waals surface area contributed by atoms with Gasteiger partial charge in [-0.25, -0.2) is 14.2 Å². The number of carbonyl (C=O) groups is 1. The average Bonchev–Trinajstić information content (AvgIpc) is 3.42. The van der Waals surface area contributed by atoms with E-state index in [0.717, 1.165) is 41.5 Å². The lowest BCUT2D eigenvalue weighted by atomic mass is 10.1. The van der Waals surface area contributed by atoms with Gasteiger partial charge in [-0.15, -0.1) is 0 Å². The number of alkyl carbamates (subject to hydrolysis) is 1. The van der Waals surface area contributed by atoms with Crippen LogP contribution in [0.5, 0.6) is 0 Å². The molecule has 36 heavy (non-hydrogen) atoms. The SMILES string of the molecule is O=C1N[C@@H]2c3cc(Nc4ncc(F)c(Nc5ccc(CCc6ccncc6)cc5)n4)ccc3C[C@@H]2O1. The first kappa shape index (κ1) is 22.0. The van der Waals surface area contributed by atoms with E-state index in [1.165, 1.54) is 11.1 Å². The maximum atomic E-state index is 14.5. The van der Waals surface area contributed by atoms with Crippen LogP contribution in [0.15, 0.2) is 73.2 Å². The summed E-state index contributed by atoms with van der Waals surface area (Å²) in [6, 6.07) is 17.6. The second-order valence-electron chi connectivity index (χ2n) is 8.88. The van der Waals surface area contributed by atoms with Crippen molar-refractivity contribution in [2.45, 2.75) is 31.4 Å². The van der Waals surface area contributed by atoms with Crippen LogP contribution in [-0.4, -0.2) is 27.1 Å². The fourth-order valence-corrected chi connectivity index (χ4v) is 4.64. The molecule has 2 aromatic carbocycles. The molecule has 0 spiro atoms. The molecular formula is C27H23FN6O2. The third kappa shape index (κ3) is 4.55. The van der Waals surface area contributed by atoms with Gasteiger partial charge in [-0.3, -0.25) is 4.98 Å². The van der Waals surface area contributed by atoms with Crippen LogP contribution >= 0.6 is 0 Å². The largest absolute Gasteiger partial charge is 0.443 e. The molecule has 1 amide bonds. The lowest BCUT2D eigenvalue weighted by molar-refractivity contribution is 0.136. The number of nitrogens with zero attached hydrogens (tertiary/aromatic N) is 3. The van der Waals surface area contributed by atoms with Crippen molar-refractivity contribution in [3.05, 3.63) is 101 Å². The zero-order valence-electron chi connectivity index (χ0n) is 19.2. The highest BCUT2D eigenvalue weighted by Crippen LogP contribution is 2.38. The smallest absolute Gasteiger partial charge is 0.408 e. The normalized spacial score (nSPS) is 17.6. The molecular weight excluding hydrogens is 459 g/mol. The Hall–Kier alpha value is -4.53. The highest BCUT2D eigenvalue weighted by Gasteiger charge is 2.41. The van der Waals surface area contributed by atoms with E-state index in [-0.39, 0.29) is 23.9 Å². The van der Waals surface area contributed by atoms with Gasteiger partial charge in [0.2, 0.25) is 5.95 Å². The maximum Gasteiger partial charge on any atom is 0.408 e. The highest BCUT2D eigenvalue weighted by atomic mass is 19.1. The van der Waals surface area contributed by atoms with Gasteiger partial charge < -0.3 is 20.7 Å². The Morgan fingerprint density at radius 3 is 2.53 bits per heavy atom. The molecule has 180 valence electrons. The molecule has 8 nitrogen and oxygen atoms in total. The summed E-state index contributed by atoms with van der Waals surface area (Å²) in [4.78, 5) is 24.0. The second-order valence-corrected chi connectivity index (χ2v) is 8.88. The molecule has 0 bridgehead atoms. The summed E-state index contributed by atoms with van der Waals surface area (Å²) in [6.07, 6.45) is 6.66. The van der Waals surface area contributed by atoms with E-state index in [0.29, 0.717) is 6.42 Å². The first-order chi connectivity index (χ1) is 17.6. The van der Waals surface area contributed by atoms with E-state index in [9.17, 15) is 9.18 Å². The quantitative estimate of drug-likeness (QED) is 0.341. The van der Waals surface area contributed by atoms with Crippen LogP contribution in [0.2, 0.25) is 0 Å². The predicted molar refractivity (Wildman–Crippen MR) is 133 cm³/mol. The third-order valence-electron chi connectivity index (χ3n) is 6.47. The molecule has 2 aliphatic rings. The number of nitrogens with one attached hydrogen (secondary N) is 3. The molecule has 9 heteroatoms. The summed E-state index contributed by atoms with van der Waals surface area (Å²) >= 11 is 0. The molecule has 6 rings (SSSR count). The molecule has 3 N–H and O–H groups in total. The molecule has 2 aromatic heterocycles. The zero-order valence-corrected chi connectivity index (χ0v) is 19.2. The molecule has 3 heterocycles. The molecule has 1 aliphatic heterocycles. The number of carbonyl (C=O) groups excluding carboxylic acids is 1. The van der Waals surface area contributed by atoms with E-state index >= 15 is 0 Å². The van der Waals surface area contributed by atoms with Gasteiger partial charge in [0.1, 0.15) is 6.10 Å². The number of hydrogen-bond acceptors (Lipinski definition) is 7. The monoisotopic (exact) mass is 482 g/mol. The van der Waals surface area contributed by atoms with Gasteiger partial charge in [0.25, 0.3) is 0 Å². The Bertz CT molecular complexity index is 1410. The molecule has 1 aliphatic carbocycles. The number of rotatable bonds is 7. The van der Waals surface area contributed by atoms with Crippen molar-refractivity contribution in [2.24, 2.45) is 0 Å². The number of aromatic nitrogens is 3. The van der Waals surface area contributed by atoms with Crippen molar-refractivity contribution < 1.29 is 13.9 Å². The molecule has 1 saturated heterocycles. The first-order valence-corrected chi connectivity index (χ1v) is 11.8. The van der Waals surface area contributed by atoms with Crippen molar-refractivity contribution in [1.29, 1.82) is 0 Å². The number of anilines is 4. The Morgan fingerprint density at radius 2 is 1.72 bits per heavy atom. The highest BCUT2D eigenvalue weighted by molar-refractivity contribution is 5.72. The minimum atomic E-state index is -0.551. The summed E-state index contributed by atoms with van der Waals surface area (Å²) in [7, 11) is 0. The summed E-state index contributed by atoms with van der Waals surface area (Å²) in [5.74, 6) is -0.214. The van der Waals surface area contributed by atoms with Crippen molar-refractivity contribution in [1.82, 2.24) is 20.3 Å². The van der Waals surface area contributed by atoms with Gasteiger partial charge in [0.05, 0.1) is 12.2 Å². The van der Waals surface area contributed by atoms with Crippen LogP contribution in [0.25, 0.3) is 0 Å². The summed E-state index contributed by atoms with van der Waals surface area (Å²) in [5, 5.41) is 9.02. The molecule has 0 saturated carbocycles. The molecule has 1 fully saturated rings. The minimum absolute atomic E-state index is 0.0784. The van der Waals surface area contributed by atoms with Crippen LogP contribution in [0.1, 0.15) is 28.3 Å². The lowest BCUT2D eigenvalue weighted by Gasteiger charge is -2.12. The number of pyridine rings is 1. The van der Waals surface area contributed by atoms with Gasteiger partial charge in [-0.2, -0.15) is 4.98 Å². The van der Waals surface area contributed by atoms with Crippen molar-refractivity contribution >= 4 is 29.2 Å². The number of aryl methyl sites for hydroxylation is 2. The number of hydrogen-bond donors (Lipinski definition) is 3. The number of halogens is 1. The van der Waals surface area contributed by atoms with E-state index in [2.05, 4.69) is 30.9 Å². The average molecular weight is 483 g/mol. The molecule has 4 aromatic rings. The third-order valence-corrected chi connectivity index (χ3v) is 6.47. The number of amides is 1. The number of benzene rings is 2. The van der Waals surface area contributed by atoms with Crippen LogP contribution in [0.4, 0.5) is 32.3 Å². The van der Waals surface area contributed by atoms with Crippen molar-refractivity contribution in [2.75, 3.05) is 10.6 Å². The Labute approximate surface area is 207 Å². The van der Waals surface area contributed by atoms with E-state index in [4.69, 9.17) is 4.74 Å². The molecule has 0 unspecified atom stereocenters. The summed E-state index contributed by atoms with van der Waals surface area (Å²) in [6.45, 7) is 0. The van der Waals surface area contributed by atoms with E-state index in [1.807, 2.05) is 54.6 Å². The fourth-order valence-electron chi connectivity index (χ4n) is 4.64.